The predicted octanol–water partition coefficient (Wildman–Crippen LogP) is 3.72. The Morgan fingerprint density at radius 3 is 2.82 bits per heavy atom. The summed E-state index contributed by atoms with van der Waals surface area (Å²) >= 11 is 6.08. The van der Waals surface area contributed by atoms with Crippen molar-refractivity contribution in [2.75, 3.05) is 5.32 Å². The molecule has 0 radical (unpaired) electrons. The molecule has 4 nitrogen and oxygen atoms in total. The van der Waals surface area contributed by atoms with Crippen LogP contribution in [0.3, 0.4) is 0 Å². The Kier molecular flexibility index (Phi) is 3.86. The van der Waals surface area contributed by atoms with E-state index in [1.807, 2.05) is 54.9 Å². The third kappa shape index (κ3) is 2.83. The molecule has 112 valence electrons. The van der Waals surface area contributed by atoms with Crippen molar-refractivity contribution in [3.05, 3.63) is 58.9 Å². The number of rotatable bonds is 3. The molecule has 3 aromatic rings. The van der Waals surface area contributed by atoms with Crippen molar-refractivity contribution >= 4 is 34.2 Å². The number of carbonyl (C=O) groups excluding carboxylic acids is 1. The third-order valence-electron chi connectivity index (χ3n) is 3.70. The van der Waals surface area contributed by atoms with E-state index < -0.39 is 0 Å². The average molecular weight is 314 g/mol. The first-order chi connectivity index (χ1) is 10.5. The number of aromatic nitrogens is 2. The van der Waals surface area contributed by atoms with E-state index in [-0.39, 0.29) is 12.3 Å². The summed E-state index contributed by atoms with van der Waals surface area (Å²) in [5.74, 6) is 0.842. The highest BCUT2D eigenvalue weighted by molar-refractivity contribution is 6.31. The number of nitrogens with one attached hydrogen (secondary N) is 1. The van der Waals surface area contributed by atoms with Gasteiger partial charge in [0.25, 0.3) is 0 Å². The van der Waals surface area contributed by atoms with Crippen molar-refractivity contribution < 1.29 is 4.79 Å². The van der Waals surface area contributed by atoms with Crippen molar-refractivity contribution in [2.24, 2.45) is 7.05 Å². The van der Waals surface area contributed by atoms with Gasteiger partial charge in [-0.05, 0) is 36.8 Å². The highest BCUT2D eigenvalue weighted by atomic mass is 35.5. The first-order valence-corrected chi connectivity index (χ1v) is 7.39. The van der Waals surface area contributed by atoms with Crippen LogP contribution >= 0.6 is 11.6 Å². The monoisotopic (exact) mass is 313 g/mol. The zero-order valence-corrected chi connectivity index (χ0v) is 13.2. The van der Waals surface area contributed by atoms with Crippen molar-refractivity contribution in [1.82, 2.24) is 9.55 Å². The van der Waals surface area contributed by atoms with Crippen LogP contribution in [0.15, 0.2) is 42.5 Å². The predicted molar refractivity (Wildman–Crippen MR) is 89.2 cm³/mol. The quantitative estimate of drug-likeness (QED) is 0.801. The highest BCUT2D eigenvalue weighted by Crippen LogP contribution is 2.20. The van der Waals surface area contributed by atoms with E-state index in [9.17, 15) is 4.79 Å². The fourth-order valence-corrected chi connectivity index (χ4v) is 2.62. The highest BCUT2D eigenvalue weighted by Gasteiger charge is 2.09. The van der Waals surface area contributed by atoms with Crippen molar-refractivity contribution in [3.8, 4) is 0 Å². The van der Waals surface area contributed by atoms with Crippen LogP contribution in [0.1, 0.15) is 11.4 Å². The van der Waals surface area contributed by atoms with E-state index in [1.54, 1.807) is 6.07 Å². The normalized spacial score (nSPS) is 10.9. The molecule has 0 atom stereocenters. The Labute approximate surface area is 133 Å². The van der Waals surface area contributed by atoms with Gasteiger partial charge in [-0.15, -0.1) is 0 Å². The second-order valence-corrected chi connectivity index (χ2v) is 5.65. The van der Waals surface area contributed by atoms with Crippen molar-refractivity contribution in [1.29, 1.82) is 0 Å². The molecule has 1 heterocycles. The van der Waals surface area contributed by atoms with E-state index in [4.69, 9.17) is 11.6 Å². The maximum atomic E-state index is 12.1. The van der Waals surface area contributed by atoms with Gasteiger partial charge in [-0.3, -0.25) is 4.79 Å². The summed E-state index contributed by atoms with van der Waals surface area (Å²) in [6.45, 7) is 1.95. The number of nitrogens with zero attached hydrogens (tertiary/aromatic N) is 2. The first-order valence-electron chi connectivity index (χ1n) is 7.01. The zero-order chi connectivity index (χ0) is 15.7. The standard InChI is InChI=1S/C17H16ClN3O/c1-11-19-15-10-13(7-8-16(15)21(11)2)20-17(22)9-12-5-3-4-6-14(12)18/h3-8,10H,9H2,1-2H3,(H,20,22). The number of anilines is 1. The van der Waals surface area contributed by atoms with Crippen LogP contribution in [0.5, 0.6) is 0 Å². The van der Waals surface area contributed by atoms with Gasteiger partial charge >= 0.3 is 0 Å². The molecular weight excluding hydrogens is 298 g/mol. The smallest absolute Gasteiger partial charge is 0.228 e. The molecule has 0 aliphatic carbocycles. The van der Waals surface area contributed by atoms with Crippen LogP contribution < -0.4 is 5.32 Å². The summed E-state index contributed by atoms with van der Waals surface area (Å²) in [7, 11) is 1.97. The van der Waals surface area contributed by atoms with Gasteiger partial charge in [0.1, 0.15) is 5.82 Å². The molecule has 22 heavy (non-hydrogen) atoms. The Balaban J connectivity index is 1.78. The number of carbonyl (C=O) groups is 1. The number of hydrogen-bond donors (Lipinski definition) is 1. The van der Waals surface area contributed by atoms with Crippen molar-refractivity contribution in [3.63, 3.8) is 0 Å². The van der Waals surface area contributed by atoms with Crippen LogP contribution in [0.4, 0.5) is 5.69 Å². The lowest BCUT2D eigenvalue weighted by atomic mass is 10.1. The largest absolute Gasteiger partial charge is 0.331 e. The van der Waals surface area contributed by atoms with Crippen LogP contribution in [0, 0.1) is 6.92 Å². The van der Waals surface area contributed by atoms with Gasteiger partial charge in [0.05, 0.1) is 17.5 Å². The van der Waals surface area contributed by atoms with E-state index in [0.29, 0.717) is 5.02 Å². The van der Waals surface area contributed by atoms with Gasteiger partial charge in [-0.2, -0.15) is 0 Å². The van der Waals surface area contributed by atoms with E-state index >= 15 is 0 Å². The average Bonchev–Trinajstić information content (AvgIpc) is 2.76. The van der Waals surface area contributed by atoms with Crippen LogP contribution in [0.2, 0.25) is 5.02 Å². The molecule has 3 rings (SSSR count). The summed E-state index contributed by atoms with van der Waals surface area (Å²) < 4.78 is 2.02. The lowest BCUT2D eigenvalue weighted by molar-refractivity contribution is -0.115. The molecule has 0 unspecified atom stereocenters. The van der Waals surface area contributed by atoms with Gasteiger partial charge in [-0.25, -0.2) is 4.98 Å². The minimum Gasteiger partial charge on any atom is -0.331 e. The first kappa shape index (κ1) is 14.6. The molecule has 0 saturated heterocycles. The van der Waals surface area contributed by atoms with E-state index in [0.717, 1.165) is 28.1 Å². The molecule has 0 spiro atoms. The van der Waals surface area contributed by atoms with Crippen molar-refractivity contribution in [2.45, 2.75) is 13.3 Å². The number of halogens is 1. The number of hydrogen-bond acceptors (Lipinski definition) is 2. The molecule has 2 aromatic carbocycles. The molecule has 1 amide bonds. The third-order valence-corrected chi connectivity index (χ3v) is 4.07. The molecular formula is C17H16ClN3O. The van der Waals surface area contributed by atoms with Gasteiger partial charge < -0.3 is 9.88 Å². The van der Waals surface area contributed by atoms with Crippen LogP contribution in [-0.4, -0.2) is 15.5 Å². The number of fused-ring (bicyclic) bond motifs is 1. The SMILES string of the molecule is Cc1nc2cc(NC(=O)Cc3ccccc3Cl)ccc2n1C. The fraction of sp³-hybridized carbons (Fsp3) is 0.176. The topological polar surface area (TPSA) is 46.9 Å². The van der Waals surface area contributed by atoms with Gasteiger partial charge in [0.2, 0.25) is 5.91 Å². The van der Waals surface area contributed by atoms with Crippen LogP contribution in [0.25, 0.3) is 11.0 Å². The Morgan fingerprint density at radius 2 is 2.05 bits per heavy atom. The molecule has 0 aliphatic rings. The lowest BCUT2D eigenvalue weighted by Crippen LogP contribution is -2.14. The Bertz CT molecular complexity index is 854. The van der Waals surface area contributed by atoms with Crippen LogP contribution in [-0.2, 0) is 18.3 Å². The second-order valence-electron chi connectivity index (χ2n) is 5.24. The summed E-state index contributed by atoms with van der Waals surface area (Å²) in [5, 5.41) is 3.50. The molecule has 1 aromatic heterocycles. The minimum atomic E-state index is -0.0971. The molecule has 1 N–H and O–H groups in total. The number of amides is 1. The minimum absolute atomic E-state index is 0.0971. The van der Waals surface area contributed by atoms with Gasteiger partial charge in [-0.1, -0.05) is 29.8 Å². The number of aryl methyl sites for hydroxylation is 2. The number of imidazole rings is 1. The summed E-state index contributed by atoms with van der Waals surface area (Å²) in [6.07, 6.45) is 0.249. The molecule has 0 aliphatic heterocycles. The zero-order valence-electron chi connectivity index (χ0n) is 12.4. The molecule has 0 saturated carbocycles. The second kappa shape index (κ2) is 5.81. The molecule has 5 heteroatoms. The number of benzene rings is 2. The summed E-state index contributed by atoms with van der Waals surface area (Å²) in [6, 6.07) is 13.1. The van der Waals surface area contributed by atoms with Gasteiger partial charge in [0, 0.05) is 17.8 Å². The summed E-state index contributed by atoms with van der Waals surface area (Å²) in [4.78, 5) is 16.6. The fourth-order valence-electron chi connectivity index (χ4n) is 2.42. The molecule has 0 fully saturated rings. The van der Waals surface area contributed by atoms with E-state index in [1.165, 1.54) is 0 Å². The maximum absolute atomic E-state index is 12.1. The van der Waals surface area contributed by atoms with E-state index in [2.05, 4.69) is 10.3 Å². The Morgan fingerprint density at radius 1 is 1.27 bits per heavy atom. The summed E-state index contributed by atoms with van der Waals surface area (Å²) in [5.41, 5.74) is 3.47. The van der Waals surface area contributed by atoms with Gasteiger partial charge in [0.15, 0.2) is 0 Å². The Hall–Kier alpha value is -2.33. The lowest BCUT2D eigenvalue weighted by Gasteiger charge is -2.07. The maximum Gasteiger partial charge on any atom is 0.228 e. The molecule has 0 bridgehead atoms.